The molecule has 0 spiro atoms. The predicted octanol–water partition coefficient (Wildman–Crippen LogP) is 1.02. The molecule has 0 heterocycles. The first-order chi connectivity index (χ1) is 10.7. The van der Waals surface area contributed by atoms with Crippen LogP contribution in [-0.2, 0) is 11.3 Å². The molecule has 0 aromatic heterocycles. The van der Waals surface area contributed by atoms with Gasteiger partial charge in [-0.15, -0.1) is 0 Å². The van der Waals surface area contributed by atoms with Crippen LogP contribution in [0.15, 0.2) is 17.1 Å². The number of ether oxygens (including phenoxy) is 4. The van der Waals surface area contributed by atoms with E-state index in [2.05, 4.69) is 15.6 Å². The maximum Gasteiger partial charge on any atom is 0.203 e. The van der Waals surface area contributed by atoms with E-state index < -0.39 is 0 Å². The topological polar surface area (TPSA) is 73.3 Å². The number of methoxy groups -OCH3 is 4. The second-order valence-electron chi connectivity index (χ2n) is 4.38. The summed E-state index contributed by atoms with van der Waals surface area (Å²) in [5.41, 5.74) is 0.990. The minimum Gasteiger partial charge on any atom is -0.493 e. The van der Waals surface area contributed by atoms with E-state index in [1.165, 1.54) is 0 Å². The predicted molar refractivity (Wildman–Crippen MR) is 86.2 cm³/mol. The van der Waals surface area contributed by atoms with E-state index in [0.29, 0.717) is 42.9 Å². The Bertz CT molecular complexity index is 467. The maximum absolute atomic E-state index is 5.34. The molecule has 0 aliphatic rings. The minimum absolute atomic E-state index is 0.573. The molecule has 7 heteroatoms. The number of nitrogens with one attached hydrogen (secondary N) is 2. The van der Waals surface area contributed by atoms with Gasteiger partial charge in [0.05, 0.1) is 27.9 Å². The van der Waals surface area contributed by atoms with Crippen LogP contribution >= 0.6 is 0 Å². The highest BCUT2D eigenvalue weighted by Crippen LogP contribution is 2.38. The van der Waals surface area contributed by atoms with Gasteiger partial charge in [-0.2, -0.15) is 0 Å². The lowest BCUT2D eigenvalue weighted by molar-refractivity contribution is 0.203. The molecule has 0 amide bonds. The Morgan fingerprint density at radius 1 is 1.00 bits per heavy atom. The van der Waals surface area contributed by atoms with Crippen molar-refractivity contribution in [3.63, 3.8) is 0 Å². The molecule has 0 aliphatic carbocycles. The zero-order valence-electron chi connectivity index (χ0n) is 13.9. The Morgan fingerprint density at radius 2 is 1.64 bits per heavy atom. The zero-order valence-corrected chi connectivity index (χ0v) is 13.9. The highest BCUT2D eigenvalue weighted by molar-refractivity contribution is 5.79. The van der Waals surface area contributed by atoms with Gasteiger partial charge in [0.2, 0.25) is 5.75 Å². The normalized spacial score (nSPS) is 11.0. The van der Waals surface area contributed by atoms with E-state index in [9.17, 15) is 0 Å². The average Bonchev–Trinajstić information content (AvgIpc) is 2.56. The molecule has 1 aromatic carbocycles. The summed E-state index contributed by atoms with van der Waals surface area (Å²) < 4.78 is 21.0. The molecule has 22 heavy (non-hydrogen) atoms. The smallest absolute Gasteiger partial charge is 0.203 e. The van der Waals surface area contributed by atoms with Gasteiger partial charge in [0.25, 0.3) is 0 Å². The Labute approximate surface area is 131 Å². The van der Waals surface area contributed by atoms with E-state index in [0.717, 1.165) is 5.56 Å². The van der Waals surface area contributed by atoms with E-state index in [-0.39, 0.29) is 0 Å². The number of rotatable bonds is 8. The van der Waals surface area contributed by atoms with Crippen molar-refractivity contribution in [1.82, 2.24) is 10.6 Å². The number of nitrogens with zero attached hydrogens (tertiary/aromatic N) is 1. The number of hydrogen-bond acceptors (Lipinski definition) is 5. The third-order valence-electron chi connectivity index (χ3n) is 3.01. The third-order valence-corrected chi connectivity index (χ3v) is 3.01. The van der Waals surface area contributed by atoms with Crippen LogP contribution in [0.25, 0.3) is 0 Å². The van der Waals surface area contributed by atoms with Gasteiger partial charge in [-0.3, -0.25) is 4.99 Å². The molecule has 0 unspecified atom stereocenters. The molecular weight excluding hydrogens is 286 g/mol. The van der Waals surface area contributed by atoms with E-state index in [4.69, 9.17) is 18.9 Å². The van der Waals surface area contributed by atoms with Crippen LogP contribution in [0.5, 0.6) is 17.2 Å². The van der Waals surface area contributed by atoms with Crippen LogP contribution in [0.1, 0.15) is 5.56 Å². The standard InChI is InChI=1S/C15H25N3O4/c1-16-15(17-6-7-19-2)18-10-11-8-12(20-3)14(22-5)13(9-11)21-4/h8-9H,6-7,10H2,1-5H3,(H2,16,17,18). The number of aliphatic imine (C=N–C) groups is 1. The fourth-order valence-electron chi connectivity index (χ4n) is 1.92. The molecule has 124 valence electrons. The third kappa shape index (κ3) is 5.00. The monoisotopic (exact) mass is 311 g/mol. The molecule has 2 N–H and O–H groups in total. The van der Waals surface area contributed by atoms with Gasteiger partial charge in [-0.25, -0.2) is 0 Å². The molecule has 0 saturated heterocycles. The van der Waals surface area contributed by atoms with Crippen molar-refractivity contribution in [3.8, 4) is 17.2 Å². The van der Waals surface area contributed by atoms with E-state index >= 15 is 0 Å². The van der Waals surface area contributed by atoms with Crippen molar-refractivity contribution in [2.24, 2.45) is 4.99 Å². The molecule has 0 radical (unpaired) electrons. The molecule has 0 bridgehead atoms. The van der Waals surface area contributed by atoms with Gasteiger partial charge >= 0.3 is 0 Å². The summed E-state index contributed by atoms with van der Waals surface area (Å²) in [7, 11) is 8.16. The van der Waals surface area contributed by atoms with Crippen LogP contribution < -0.4 is 24.8 Å². The minimum atomic E-state index is 0.573. The van der Waals surface area contributed by atoms with Gasteiger partial charge in [-0.1, -0.05) is 0 Å². The van der Waals surface area contributed by atoms with Gasteiger partial charge in [-0.05, 0) is 17.7 Å². The second kappa shape index (κ2) is 9.73. The van der Waals surface area contributed by atoms with Crippen LogP contribution in [0.3, 0.4) is 0 Å². The summed E-state index contributed by atoms with van der Waals surface area (Å²) in [6.45, 7) is 1.87. The van der Waals surface area contributed by atoms with Gasteiger partial charge in [0.15, 0.2) is 17.5 Å². The average molecular weight is 311 g/mol. The van der Waals surface area contributed by atoms with Crippen molar-refractivity contribution in [1.29, 1.82) is 0 Å². The van der Waals surface area contributed by atoms with Crippen LogP contribution in [0.4, 0.5) is 0 Å². The molecule has 0 atom stereocenters. The van der Waals surface area contributed by atoms with Gasteiger partial charge in [0.1, 0.15) is 0 Å². The zero-order chi connectivity index (χ0) is 16.4. The molecule has 1 rings (SSSR count). The summed E-state index contributed by atoms with van der Waals surface area (Å²) in [5.74, 6) is 2.53. The van der Waals surface area contributed by atoms with Crippen molar-refractivity contribution in [3.05, 3.63) is 17.7 Å². The quantitative estimate of drug-likeness (QED) is 0.424. The van der Waals surface area contributed by atoms with Crippen LogP contribution in [-0.4, -0.2) is 54.6 Å². The lowest BCUT2D eigenvalue weighted by atomic mass is 10.2. The summed E-state index contributed by atoms with van der Waals surface area (Å²) >= 11 is 0. The summed E-state index contributed by atoms with van der Waals surface area (Å²) in [5, 5.41) is 6.36. The van der Waals surface area contributed by atoms with Crippen LogP contribution in [0, 0.1) is 0 Å². The molecule has 1 aromatic rings. The van der Waals surface area contributed by atoms with E-state index in [1.54, 1.807) is 35.5 Å². The maximum atomic E-state index is 5.34. The first-order valence-corrected chi connectivity index (χ1v) is 6.92. The molecule has 0 fully saturated rings. The fourth-order valence-corrected chi connectivity index (χ4v) is 1.92. The Morgan fingerprint density at radius 3 is 2.09 bits per heavy atom. The lowest BCUT2D eigenvalue weighted by Crippen LogP contribution is -2.38. The molecule has 7 nitrogen and oxygen atoms in total. The first kappa shape index (κ1) is 17.9. The second-order valence-corrected chi connectivity index (χ2v) is 4.38. The molecule has 0 aliphatic heterocycles. The summed E-state index contributed by atoms with van der Waals surface area (Å²) in [6.07, 6.45) is 0. The van der Waals surface area contributed by atoms with Crippen molar-refractivity contribution >= 4 is 5.96 Å². The Balaban J connectivity index is 2.76. The molecule has 0 saturated carbocycles. The Kier molecular flexibility index (Phi) is 7.91. The Hall–Kier alpha value is -2.15. The number of benzene rings is 1. The van der Waals surface area contributed by atoms with Gasteiger partial charge < -0.3 is 29.6 Å². The fraction of sp³-hybridized carbons (Fsp3) is 0.533. The lowest BCUT2D eigenvalue weighted by Gasteiger charge is -2.15. The summed E-state index contributed by atoms with van der Waals surface area (Å²) in [4.78, 5) is 4.15. The highest BCUT2D eigenvalue weighted by Gasteiger charge is 2.13. The van der Waals surface area contributed by atoms with Crippen LogP contribution in [0.2, 0.25) is 0 Å². The van der Waals surface area contributed by atoms with Gasteiger partial charge in [0, 0.05) is 27.2 Å². The van der Waals surface area contributed by atoms with Crippen molar-refractivity contribution in [2.45, 2.75) is 6.54 Å². The van der Waals surface area contributed by atoms with Crippen molar-refractivity contribution in [2.75, 3.05) is 48.6 Å². The number of guanidine groups is 1. The van der Waals surface area contributed by atoms with Crippen molar-refractivity contribution < 1.29 is 18.9 Å². The number of hydrogen-bond donors (Lipinski definition) is 2. The first-order valence-electron chi connectivity index (χ1n) is 6.92. The summed E-state index contributed by atoms with van der Waals surface area (Å²) in [6, 6.07) is 3.80. The SMILES string of the molecule is CN=C(NCCOC)NCc1cc(OC)c(OC)c(OC)c1. The van der Waals surface area contributed by atoms with E-state index in [1.807, 2.05) is 12.1 Å². The largest absolute Gasteiger partial charge is 0.493 e. The highest BCUT2D eigenvalue weighted by atomic mass is 16.5. The molecular formula is C15H25N3O4.